The fourth-order valence-corrected chi connectivity index (χ4v) is 2.07. The number of rotatable bonds is 6. The van der Waals surface area contributed by atoms with Crippen LogP contribution in [0, 0.1) is 0 Å². The Morgan fingerprint density at radius 3 is 2.82 bits per heavy atom. The van der Waals surface area contributed by atoms with Gasteiger partial charge in [0.2, 0.25) is 0 Å². The van der Waals surface area contributed by atoms with Crippen molar-refractivity contribution in [1.82, 2.24) is 15.1 Å². The number of aliphatic hydroxyl groups is 1. The van der Waals surface area contributed by atoms with Crippen LogP contribution in [0.15, 0.2) is 35.2 Å². The fourth-order valence-electron chi connectivity index (χ4n) is 2.07. The minimum absolute atomic E-state index is 0.208. The number of urea groups is 1. The zero-order valence-electron chi connectivity index (χ0n) is 13.0. The molecule has 0 aliphatic rings. The Labute approximate surface area is 129 Å². The predicted molar refractivity (Wildman–Crippen MR) is 82.5 cm³/mol. The van der Waals surface area contributed by atoms with Crippen molar-refractivity contribution in [3.63, 3.8) is 0 Å². The van der Waals surface area contributed by atoms with Gasteiger partial charge in [-0.15, -0.1) is 0 Å². The molecule has 0 saturated heterocycles. The lowest BCUT2D eigenvalue weighted by Crippen LogP contribution is -2.36. The molecular formula is C15H22N4O3. The molecule has 0 fully saturated rings. The lowest BCUT2D eigenvalue weighted by Gasteiger charge is -2.16. The number of carbonyl (C=O) groups is 1. The maximum atomic E-state index is 11.9. The Morgan fingerprint density at radius 1 is 1.45 bits per heavy atom. The summed E-state index contributed by atoms with van der Waals surface area (Å²) in [5.74, 6) is 0.493. The molecule has 2 unspecified atom stereocenters. The first kappa shape index (κ1) is 16.1. The second-order valence-corrected chi connectivity index (χ2v) is 5.57. The molecule has 2 aromatic heterocycles. The van der Waals surface area contributed by atoms with Crippen molar-refractivity contribution < 1.29 is 14.3 Å². The summed E-state index contributed by atoms with van der Waals surface area (Å²) in [4.78, 5) is 11.9. The molecule has 2 heterocycles. The standard InChI is InChI=1S/C15H22N4O3/c1-10(2)19-9-12(8-16-19)18-15(21)17-11(3)7-13(20)14-5-4-6-22-14/h4-6,8-11,13,20H,7H2,1-3H3,(H2,17,18,21). The van der Waals surface area contributed by atoms with E-state index in [1.54, 1.807) is 29.2 Å². The van der Waals surface area contributed by atoms with Gasteiger partial charge in [-0.3, -0.25) is 4.68 Å². The number of furan rings is 1. The zero-order chi connectivity index (χ0) is 16.1. The third-order valence-corrected chi connectivity index (χ3v) is 3.21. The zero-order valence-corrected chi connectivity index (χ0v) is 13.0. The van der Waals surface area contributed by atoms with Crippen molar-refractivity contribution >= 4 is 11.7 Å². The van der Waals surface area contributed by atoms with Crippen LogP contribution in [-0.4, -0.2) is 27.0 Å². The number of hydrogen-bond donors (Lipinski definition) is 3. The Kier molecular flexibility index (Phi) is 5.21. The van der Waals surface area contributed by atoms with Gasteiger partial charge in [-0.25, -0.2) is 4.79 Å². The highest BCUT2D eigenvalue weighted by Crippen LogP contribution is 2.18. The van der Waals surface area contributed by atoms with Crippen molar-refractivity contribution in [3.8, 4) is 0 Å². The summed E-state index contributed by atoms with van der Waals surface area (Å²) in [5, 5.41) is 19.6. The summed E-state index contributed by atoms with van der Waals surface area (Å²) < 4.78 is 6.90. The van der Waals surface area contributed by atoms with E-state index in [2.05, 4.69) is 15.7 Å². The number of amides is 2. The molecule has 0 radical (unpaired) electrons. The molecule has 2 atom stereocenters. The van der Waals surface area contributed by atoms with E-state index in [4.69, 9.17) is 4.42 Å². The van der Waals surface area contributed by atoms with Crippen LogP contribution in [0.1, 0.15) is 45.1 Å². The molecule has 0 aliphatic carbocycles. The Bertz CT molecular complexity index is 592. The summed E-state index contributed by atoms with van der Waals surface area (Å²) in [7, 11) is 0. The van der Waals surface area contributed by atoms with Crippen molar-refractivity contribution in [3.05, 3.63) is 36.5 Å². The Hall–Kier alpha value is -2.28. The second kappa shape index (κ2) is 7.13. The molecule has 22 heavy (non-hydrogen) atoms. The van der Waals surface area contributed by atoms with Crippen LogP contribution in [0.5, 0.6) is 0 Å². The first-order valence-corrected chi connectivity index (χ1v) is 7.29. The minimum Gasteiger partial charge on any atom is -0.467 e. The quantitative estimate of drug-likeness (QED) is 0.765. The van der Waals surface area contributed by atoms with Crippen molar-refractivity contribution in [2.45, 2.75) is 45.4 Å². The first-order valence-electron chi connectivity index (χ1n) is 7.29. The Balaban J connectivity index is 1.80. The summed E-state index contributed by atoms with van der Waals surface area (Å²) >= 11 is 0. The number of carbonyl (C=O) groups excluding carboxylic acids is 1. The van der Waals surface area contributed by atoms with Gasteiger partial charge < -0.3 is 20.2 Å². The molecule has 2 rings (SSSR count). The van der Waals surface area contributed by atoms with Gasteiger partial charge in [0.1, 0.15) is 11.9 Å². The highest BCUT2D eigenvalue weighted by Gasteiger charge is 2.16. The van der Waals surface area contributed by atoms with Crippen molar-refractivity contribution in [2.24, 2.45) is 0 Å². The highest BCUT2D eigenvalue weighted by molar-refractivity contribution is 5.89. The molecule has 120 valence electrons. The van der Waals surface area contributed by atoms with Crippen LogP contribution in [0.3, 0.4) is 0 Å². The average Bonchev–Trinajstić information content (AvgIpc) is 3.08. The van der Waals surface area contributed by atoms with E-state index >= 15 is 0 Å². The molecular weight excluding hydrogens is 284 g/mol. The van der Waals surface area contributed by atoms with E-state index in [9.17, 15) is 9.90 Å². The van der Waals surface area contributed by atoms with Gasteiger partial charge in [0.25, 0.3) is 0 Å². The number of nitrogens with zero attached hydrogens (tertiary/aromatic N) is 2. The van der Waals surface area contributed by atoms with E-state index in [-0.39, 0.29) is 18.1 Å². The van der Waals surface area contributed by atoms with Gasteiger partial charge in [0.15, 0.2) is 0 Å². The SMILES string of the molecule is CC(CC(O)c1ccco1)NC(=O)Nc1cnn(C(C)C)c1. The smallest absolute Gasteiger partial charge is 0.319 e. The molecule has 2 aromatic rings. The van der Waals surface area contributed by atoms with Gasteiger partial charge in [0.05, 0.1) is 18.1 Å². The number of nitrogens with one attached hydrogen (secondary N) is 2. The van der Waals surface area contributed by atoms with Gasteiger partial charge in [-0.2, -0.15) is 5.10 Å². The van der Waals surface area contributed by atoms with Crippen molar-refractivity contribution in [1.29, 1.82) is 0 Å². The molecule has 7 heteroatoms. The molecule has 0 bridgehead atoms. The number of aliphatic hydroxyl groups excluding tert-OH is 1. The monoisotopic (exact) mass is 306 g/mol. The van der Waals surface area contributed by atoms with Crippen LogP contribution in [0.4, 0.5) is 10.5 Å². The lowest BCUT2D eigenvalue weighted by molar-refractivity contribution is 0.130. The van der Waals surface area contributed by atoms with E-state index < -0.39 is 6.10 Å². The van der Waals surface area contributed by atoms with E-state index in [1.165, 1.54) is 6.26 Å². The second-order valence-electron chi connectivity index (χ2n) is 5.57. The topological polar surface area (TPSA) is 92.3 Å². The highest BCUT2D eigenvalue weighted by atomic mass is 16.4. The van der Waals surface area contributed by atoms with E-state index in [0.29, 0.717) is 17.9 Å². The normalized spacial score (nSPS) is 13.9. The third kappa shape index (κ3) is 4.36. The van der Waals surface area contributed by atoms with Crippen LogP contribution in [0.25, 0.3) is 0 Å². The maximum Gasteiger partial charge on any atom is 0.319 e. The van der Waals surface area contributed by atoms with Gasteiger partial charge >= 0.3 is 6.03 Å². The summed E-state index contributed by atoms with van der Waals surface area (Å²) in [6.45, 7) is 5.84. The molecule has 2 amide bonds. The van der Waals surface area contributed by atoms with Crippen molar-refractivity contribution in [2.75, 3.05) is 5.32 Å². The van der Waals surface area contributed by atoms with E-state index in [1.807, 2.05) is 20.8 Å². The van der Waals surface area contributed by atoms with Gasteiger partial charge in [0, 0.05) is 24.7 Å². The van der Waals surface area contributed by atoms with Crippen LogP contribution in [0.2, 0.25) is 0 Å². The van der Waals surface area contributed by atoms with Gasteiger partial charge in [-0.1, -0.05) is 0 Å². The predicted octanol–water partition coefficient (Wildman–Crippen LogP) is 2.69. The fraction of sp³-hybridized carbons (Fsp3) is 0.467. The Morgan fingerprint density at radius 2 is 2.23 bits per heavy atom. The summed E-state index contributed by atoms with van der Waals surface area (Å²) in [6, 6.07) is 3.12. The van der Waals surface area contributed by atoms with Gasteiger partial charge in [-0.05, 0) is 32.9 Å². The summed E-state index contributed by atoms with van der Waals surface area (Å²) in [6.07, 6.45) is 4.50. The lowest BCUT2D eigenvalue weighted by atomic mass is 10.1. The molecule has 0 aliphatic heterocycles. The molecule has 0 aromatic carbocycles. The number of hydrogen-bond acceptors (Lipinski definition) is 4. The molecule has 0 spiro atoms. The van der Waals surface area contributed by atoms with Crippen LogP contribution >= 0.6 is 0 Å². The van der Waals surface area contributed by atoms with E-state index in [0.717, 1.165) is 0 Å². The number of anilines is 1. The largest absolute Gasteiger partial charge is 0.467 e. The molecule has 0 saturated carbocycles. The van der Waals surface area contributed by atoms with Crippen LogP contribution in [-0.2, 0) is 0 Å². The van der Waals surface area contributed by atoms with Crippen LogP contribution < -0.4 is 10.6 Å². The molecule has 7 nitrogen and oxygen atoms in total. The average molecular weight is 306 g/mol. The number of aromatic nitrogens is 2. The summed E-state index contributed by atoms with van der Waals surface area (Å²) in [5.41, 5.74) is 0.630. The first-order chi connectivity index (χ1) is 10.5. The third-order valence-electron chi connectivity index (χ3n) is 3.21. The molecule has 3 N–H and O–H groups in total. The maximum absolute atomic E-state index is 11.9. The minimum atomic E-state index is -0.742.